The van der Waals surface area contributed by atoms with Gasteiger partial charge in [0, 0.05) is 25.7 Å². The molecule has 0 aliphatic heterocycles. The van der Waals surface area contributed by atoms with E-state index in [1.165, 1.54) is 276 Å². The first kappa shape index (κ1) is 102. The normalized spacial score (nSPS) is 14.0. The molecule has 0 fully saturated rings. The Morgan fingerprint density at radius 3 is 0.683 bits per heavy atom. The van der Waals surface area contributed by atoms with Crippen LogP contribution in [0.1, 0.15) is 458 Å². The van der Waals surface area contributed by atoms with E-state index in [0.717, 1.165) is 102 Å². The van der Waals surface area contributed by atoms with Gasteiger partial charge in [0.15, 0.2) is 12.2 Å². The lowest BCUT2D eigenvalue weighted by molar-refractivity contribution is -0.161. The number of phosphoric acid groups is 2. The molecular formula is C85H166O17P2. The molecule has 0 bridgehead atoms. The van der Waals surface area contributed by atoms with Crippen LogP contribution < -0.4 is 0 Å². The number of rotatable bonds is 85. The highest BCUT2D eigenvalue weighted by molar-refractivity contribution is 7.47. The zero-order valence-electron chi connectivity index (χ0n) is 68.2. The Labute approximate surface area is 638 Å². The quantitative estimate of drug-likeness (QED) is 0.0222. The van der Waals surface area contributed by atoms with Crippen LogP contribution in [0, 0.1) is 5.92 Å². The van der Waals surface area contributed by atoms with Crippen LogP contribution in [-0.2, 0) is 65.4 Å². The Bertz CT molecular complexity index is 1980. The smallest absolute Gasteiger partial charge is 0.462 e. The highest BCUT2D eigenvalue weighted by Gasteiger charge is 2.30. The number of carbonyl (C=O) groups is 4. The SMILES string of the molecule is CCCCCCCCCCCCCCCCCCCCCCCC(=O)O[C@H](COC(=O)CCCCCCCCCCCCCCCCCCCCCC)COP(=O)(O)OC[C@@H](O)COP(=O)(O)OC[C@@H](COC(=O)CCCCCCCCC(C)CC)OC(=O)CCCCCCCCCCCCCCC. The number of esters is 4. The summed E-state index contributed by atoms with van der Waals surface area (Å²) < 4.78 is 68.8. The van der Waals surface area contributed by atoms with Crippen LogP contribution in [0.25, 0.3) is 0 Å². The Balaban J connectivity index is 5.21. The van der Waals surface area contributed by atoms with E-state index < -0.39 is 97.5 Å². The fraction of sp³-hybridized carbons (Fsp3) is 0.953. The van der Waals surface area contributed by atoms with E-state index in [9.17, 15) is 43.2 Å². The predicted octanol–water partition coefficient (Wildman–Crippen LogP) is 26.0. The molecule has 0 aliphatic rings. The van der Waals surface area contributed by atoms with Crippen molar-refractivity contribution in [2.45, 2.75) is 477 Å². The highest BCUT2D eigenvalue weighted by Crippen LogP contribution is 2.45. The molecule has 0 aromatic carbocycles. The monoisotopic (exact) mass is 1520 g/mol. The Morgan fingerprint density at radius 2 is 0.462 bits per heavy atom. The van der Waals surface area contributed by atoms with Crippen molar-refractivity contribution in [3.63, 3.8) is 0 Å². The van der Waals surface area contributed by atoms with Crippen LogP contribution in [0.3, 0.4) is 0 Å². The minimum Gasteiger partial charge on any atom is -0.462 e. The average Bonchev–Trinajstić information content (AvgIpc) is 0.912. The van der Waals surface area contributed by atoms with Crippen molar-refractivity contribution in [3.05, 3.63) is 0 Å². The molecule has 0 spiro atoms. The van der Waals surface area contributed by atoms with Gasteiger partial charge in [0.05, 0.1) is 26.4 Å². The Hall–Kier alpha value is -1.94. The van der Waals surface area contributed by atoms with Gasteiger partial charge in [0.2, 0.25) is 0 Å². The van der Waals surface area contributed by atoms with E-state index in [2.05, 4.69) is 34.6 Å². The summed E-state index contributed by atoms with van der Waals surface area (Å²) in [4.78, 5) is 73.1. The lowest BCUT2D eigenvalue weighted by Crippen LogP contribution is -2.30. The summed E-state index contributed by atoms with van der Waals surface area (Å²) in [5.74, 6) is -1.37. The Kier molecular flexibility index (Phi) is 76.3. The third-order valence-corrected chi connectivity index (χ3v) is 22.3. The molecule has 0 aromatic heterocycles. The topological polar surface area (TPSA) is 237 Å². The number of hydrogen-bond donors (Lipinski definition) is 3. The summed E-state index contributed by atoms with van der Waals surface area (Å²) in [7, 11) is -9.92. The number of aliphatic hydroxyl groups is 1. The van der Waals surface area contributed by atoms with Gasteiger partial charge in [-0.1, -0.05) is 407 Å². The summed E-state index contributed by atoms with van der Waals surface area (Å²) in [5.41, 5.74) is 0. The second-order valence-electron chi connectivity index (χ2n) is 30.8. The molecule has 19 heteroatoms. The van der Waals surface area contributed by atoms with Gasteiger partial charge < -0.3 is 33.8 Å². The van der Waals surface area contributed by atoms with Crippen molar-refractivity contribution in [3.8, 4) is 0 Å². The van der Waals surface area contributed by atoms with Crippen LogP contribution >= 0.6 is 15.6 Å². The maximum absolute atomic E-state index is 13.1. The number of unbranched alkanes of at least 4 members (excludes halogenated alkanes) is 56. The number of aliphatic hydroxyl groups excluding tert-OH is 1. The number of hydrogen-bond acceptors (Lipinski definition) is 15. The van der Waals surface area contributed by atoms with E-state index in [0.29, 0.717) is 25.7 Å². The van der Waals surface area contributed by atoms with Gasteiger partial charge >= 0.3 is 39.5 Å². The molecule has 0 heterocycles. The average molecular weight is 1520 g/mol. The molecule has 6 atom stereocenters. The van der Waals surface area contributed by atoms with Crippen LogP contribution in [0.15, 0.2) is 0 Å². The summed E-state index contributed by atoms with van der Waals surface area (Å²) >= 11 is 0. The zero-order chi connectivity index (χ0) is 76.2. The van der Waals surface area contributed by atoms with Crippen molar-refractivity contribution < 1.29 is 80.2 Å². The van der Waals surface area contributed by atoms with Gasteiger partial charge in [-0.3, -0.25) is 37.3 Å². The van der Waals surface area contributed by atoms with Gasteiger partial charge in [-0.2, -0.15) is 0 Å². The van der Waals surface area contributed by atoms with Crippen molar-refractivity contribution in [1.29, 1.82) is 0 Å². The summed E-state index contributed by atoms with van der Waals surface area (Å²) in [6.07, 6.45) is 71.0. The van der Waals surface area contributed by atoms with Crippen molar-refractivity contribution >= 4 is 39.5 Å². The van der Waals surface area contributed by atoms with E-state index >= 15 is 0 Å². The van der Waals surface area contributed by atoms with E-state index in [1.807, 2.05) is 0 Å². The third-order valence-electron chi connectivity index (χ3n) is 20.4. The van der Waals surface area contributed by atoms with Crippen molar-refractivity contribution in [2.24, 2.45) is 5.92 Å². The predicted molar refractivity (Wildman–Crippen MR) is 428 cm³/mol. The molecule has 104 heavy (non-hydrogen) atoms. The third kappa shape index (κ3) is 76.8. The van der Waals surface area contributed by atoms with E-state index in [-0.39, 0.29) is 25.7 Å². The summed E-state index contributed by atoms with van der Waals surface area (Å²) in [5, 5.41) is 10.7. The van der Waals surface area contributed by atoms with Crippen molar-refractivity contribution in [1.82, 2.24) is 0 Å². The van der Waals surface area contributed by atoms with Crippen LogP contribution in [0.2, 0.25) is 0 Å². The zero-order valence-corrected chi connectivity index (χ0v) is 70.0. The number of ether oxygens (including phenoxy) is 4. The molecule has 0 aromatic rings. The minimum absolute atomic E-state index is 0.107. The van der Waals surface area contributed by atoms with Crippen LogP contribution in [-0.4, -0.2) is 96.7 Å². The summed E-state index contributed by atoms with van der Waals surface area (Å²) in [6, 6.07) is 0. The number of phosphoric ester groups is 2. The second kappa shape index (κ2) is 77.8. The van der Waals surface area contributed by atoms with Gasteiger partial charge in [-0.05, 0) is 31.6 Å². The van der Waals surface area contributed by atoms with Gasteiger partial charge in [0.25, 0.3) is 0 Å². The first-order chi connectivity index (χ1) is 50.6. The molecule has 0 saturated carbocycles. The van der Waals surface area contributed by atoms with Crippen molar-refractivity contribution in [2.75, 3.05) is 39.6 Å². The Morgan fingerprint density at radius 1 is 0.269 bits per heavy atom. The molecule has 0 aliphatic carbocycles. The lowest BCUT2D eigenvalue weighted by atomic mass is 10.00. The van der Waals surface area contributed by atoms with Crippen LogP contribution in [0.4, 0.5) is 0 Å². The molecule has 0 rings (SSSR count). The maximum atomic E-state index is 13.1. The first-order valence-corrected chi connectivity index (χ1v) is 47.2. The van der Waals surface area contributed by atoms with Gasteiger partial charge in [-0.25, -0.2) is 9.13 Å². The molecule has 0 amide bonds. The highest BCUT2D eigenvalue weighted by atomic mass is 31.2. The largest absolute Gasteiger partial charge is 0.472 e. The van der Waals surface area contributed by atoms with Gasteiger partial charge in [-0.15, -0.1) is 0 Å². The standard InChI is InChI=1S/C85H166O17P2/c1-6-10-13-16-19-22-25-28-30-32-34-36-38-40-42-45-48-51-54-61-66-71-84(89)101-80(74-95-82(87)68-63-58-52-49-46-44-41-39-37-35-33-31-29-26-23-20-17-14-11-7-2)76-99-103(91,92)97-72-79(86)73-98-104(93,94)100-77-81(75-96-83(88)69-64-59-56-55-57-62-67-78(5)9-4)102-85(90)70-65-60-53-50-47-43-27-24-21-18-15-12-8-3/h78-81,86H,6-77H2,1-5H3,(H,91,92)(H,93,94)/t78?,79-,80-,81-/m1/s1. The molecule has 618 valence electrons. The van der Waals surface area contributed by atoms with Gasteiger partial charge in [0.1, 0.15) is 19.3 Å². The minimum atomic E-state index is -4.96. The van der Waals surface area contributed by atoms with E-state index in [4.69, 9.17) is 37.0 Å². The lowest BCUT2D eigenvalue weighted by Gasteiger charge is -2.21. The molecule has 17 nitrogen and oxygen atoms in total. The molecule has 0 saturated heterocycles. The first-order valence-electron chi connectivity index (χ1n) is 44.2. The fourth-order valence-corrected chi connectivity index (χ4v) is 14.8. The maximum Gasteiger partial charge on any atom is 0.472 e. The molecule has 0 radical (unpaired) electrons. The van der Waals surface area contributed by atoms with Crippen LogP contribution in [0.5, 0.6) is 0 Å². The molecule has 3 N–H and O–H groups in total. The van der Waals surface area contributed by atoms with E-state index in [1.54, 1.807) is 0 Å². The molecule has 3 unspecified atom stereocenters. The number of carbonyl (C=O) groups excluding carboxylic acids is 4. The summed E-state index contributed by atoms with van der Waals surface area (Å²) in [6.45, 7) is 7.31. The fourth-order valence-electron chi connectivity index (χ4n) is 13.3. The second-order valence-corrected chi connectivity index (χ2v) is 33.7. The molecular weight excluding hydrogens is 1350 g/mol.